The van der Waals surface area contributed by atoms with E-state index < -0.39 is 10.0 Å². The van der Waals surface area contributed by atoms with Crippen molar-refractivity contribution in [1.82, 2.24) is 24.5 Å². The molecule has 4 rings (SSSR count). The van der Waals surface area contributed by atoms with Gasteiger partial charge in [0.05, 0.1) is 17.1 Å². The Hall–Kier alpha value is -2.78. The van der Waals surface area contributed by atoms with E-state index in [0.29, 0.717) is 12.5 Å². The fourth-order valence-corrected chi connectivity index (χ4v) is 4.41. The van der Waals surface area contributed by atoms with E-state index in [1.807, 2.05) is 48.3 Å². The van der Waals surface area contributed by atoms with Crippen LogP contribution in [-0.4, -0.2) is 33.4 Å². The monoisotopic (exact) mass is 426 g/mol. The first-order valence-corrected chi connectivity index (χ1v) is 11.6. The van der Waals surface area contributed by atoms with Crippen molar-refractivity contribution in [1.29, 1.82) is 0 Å². The average Bonchev–Trinajstić information content (AvgIpc) is 3.47. The molecule has 1 fully saturated rings. The van der Waals surface area contributed by atoms with E-state index in [0.717, 1.165) is 40.9 Å². The fraction of sp³-hybridized carbons (Fsp3) is 0.381. The summed E-state index contributed by atoms with van der Waals surface area (Å²) in [5.41, 5.74) is 4.49. The third kappa shape index (κ3) is 4.68. The quantitative estimate of drug-likeness (QED) is 0.571. The lowest BCUT2D eigenvalue weighted by Crippen LogP contribution is -2.26. The number of nitrogens with zero attached hydrogens (tertiary/aromatic N) is 4. The van der Waals surface area contributed by atoms with Crippen LogP contribution in [-0.2, 0) is 16.6 Å². The van der Waals surface area contributed by atoms with Crippen LogP contribution in [0.4, 0.5) is 11.6 Å². The van der Waals surface area contributed by atoms with Crippen LogP contribution in [0, 0.1) is 6.92 Å². The first-order chi connectivity index (χ1) is 14.3. The number of benzene rings is 1. The molecule has 2 N–H and O–H groups in total. The Labute approximate surface area is 176 Å². The molecule has 0 bridgehead atoms. The van der Waals surface area contributed by atoms with Gasteiger partial charge in [-0.3, -0.25) is 4.68 Å². The minimum Gasteiger partial charge on any atom is -0.324 e. The van der Waals surface area contributed by atoms with Crippen LogP contribution < -0.4 is 10.0 Å². The van der Waals surface area contributed by atoms with Crippen LogP contribution >= 0.6 is 0 Å². The topological polar surface area (TPSA) is 102 Å². The van der Waals surface area contributed by atoms with Crippen LogP contribution in [0.1, 0.15) is 43.9 Å². The van der Waals surface area contributed by atoms with Crippen molar-refractivity contribution in [3.05, 3.63) is 54.0 Å². The zero-order chi connectivity index (χ0) is 21.3. The van der Waals surface area contributed by atoms with Gasteiger partial charge in [-0.05, 0) is 56.9 Å². The van der Waals surface area contributed by atoms with Gasteiger partial charge in [0.25, 0.3) is 0 Å². The summed E-state index contributed by atoms with van der Waals surface area (Å²) in [4.78, 5) is 9.04. The minimum absolute atomic E-state index is 0.209. The number of aromatic nitrogens is 4. The second-order valence-corrected chi connectivity index (χ2v) is 9.96. The third-order valence-electron chi connectivity index (χ3n) is 5.03. The predicted octanol–water partition coefficient (Wildman–Crippen LogP) is 3.55. The lowest BCUT2D eigenvalue weighted by Gasteiger charge is -2.09. The molecule has 158 valence electrons. The molecule has 0 radical (unpaired) electrons. The first kappa shape index (κ1) is 20.5. The smallest absolute Gasteiger partial charge is 0.227 e. The SMILES string of the molecule is Cc1cnc(Nc2ccc(CNS(=O)(=O)C3CC3)cc2)nc1-c1cnn(C(C)C)c1. The Balaban J connectivity index is 1.45. The zero-order valence-corrected chi connectivity index (χ0v) is 18.1. The van der Waals surface area contributed by atoms with E-state index >= 15 is 0 Å². The summed E-state index contributed by atoms with van der Waals surface area (Å²) in [6.07, 6.45) is 7.11. The molecule has 1 aliphatic carbocycles. The molecule has 9 heteroatoms. The molecule has 0 atom stereocenters. The van der Waals surface area contributed by atoms with Gasteiger partial charge in [-0.15, -0.1) is 0 Å². The van der Waals surface area contributed by atoms with Gasteiger partial charge in [-0.2, -0.15) is 5.10 Å². The predicted molar refractivity (Wildman–Crippen MR) is 117 cm³/mol. The van der Waals surface area contributed by atoms with Gasteiger partial charge in [-0.25, -0.2) is 23.1 Å². The van der Waals surface area contributed by atoms with E-state index in [-0.39, 0.29) is 11.3 Å². The number of aryl methyl sites for hydroxylation is 1. The van der Waals surface area contributed by atoms with E-state index in [2.05, 4.69) is 39.0 Å². The molecule has 0 aliphatic heterocycles. The first-order valence-electron chi connectivity index (χ1n) is 10.0. The summed E-state index contributed by atoms with van der Waals surface area (Å²) in [6.45, 7) is 6.43. The molecule has 1 aromatic carbocycles. The highest BCUT2D eigenvalue weighted by molar-refractivity contribution is 7.90. The van der Waals surface area contributed by atoms with Crippen LogP contribution in [0.3, 0.4) is 0 Å². The van der Waals surface area contributed by atoms with Crippen LogP contribution in [0.15, 0.2) is 42.9 Å². The number of anilines is 2. The normalized spacial score (nSPS) is 14.3. The van der Waals surface area contributed by atoms with Crippen molar-refractivity contribution in [2.24, 2.45) is 0 Å². The van der Waals surface area contributed by atoms with Crippen molar-refractivity contribution in [3.63, 3.8) is 0 Å². The molecule has 1 aliphatic rings. The van der Waals surface area contributed by atoms with Gasteiger partial charge < -0.3 is 5.32 Å². The van der Waals surface area contributed by atoms with Gasteiger partial charge in [0.2, 0.25) is 16.0 Å². The highest BCUT2D eigenvalue weighted by Gasteiger charge is 2.35. The molecule has 0 unspecified atom stereocenters. The van der Waals surface area contributed by atoms with Crippen molar-refractivity contribution in [3.8, 4) is 11.3 Å². The lowest BCUT2D eigenvalue weighted by molar-refractivity contribution is 0.532. The second kappa shape index (κ2) is 8.16. The summed E-state index contributed by atoms with van der Waals surface area (Å²) in [7, 11) is -3.18. The molecular formula is C21H26N6O2S. The van der Waals surface area contributed by atoms with Crippen LogP contribution in [0.2, 0.25) is 0 Å². The molecule has 1 saturated carbocycles. The Morgan fingerprint density at radius 3 is 2.53 bits per heavy atom. The van der Waals surface area contributed by atoms with Gasteiger partial charge in [0.1, 0.15) is 0 Å². The lowest BCUT2D eigenvalue weighted by atomic mass is 10.1. The molecule has 2 heterocycles. The van der Waals surface area contributed by atoms with Crippen LogP contribution in [0.5, 0.6) is 0 Å². The maximum atomic E-state index is 11.9. The highest BCUT2D eigenvalue weighted by atomic mass is 32.2. The number of rotatable bonds is 8. The minimum atomic E-state index is -3.18. The van der Waals surface area contributed by atoms with E-state index in [9.17, 15) is 8.42 Å². The summed E-state index contributed by atoms with van der Waals surface area (Å²) in [6, 6.07) is 7.84. The third-order valence-corrected chi connectivity index (χ3v) is 6.92. The summed E-state index contributed by atoms with van der Waals surface area (Å²) < 4.78 is 28.5. The molecule has 8 nitrogen and oxygen atoms in total. The molecular weight excluding hydrogens is 400 g/mol. The molecule has 0 amide bonds. The van der Waals surface area contributed by atoms with Gasteiger partial charge in [-0.1, -0.05) is 12.1 Å². The molecule has 30 heavy (non-hydrogen) atoms. The Bertz CT molecular complexity index is 1130. The van der Waals surface area contributed by atoms with Crippen molar-refractivity contribution >= 4 is 21.7 Å². The van der Waals surface area contributed by atoms with Gasteiger partial charge in [0, 0.05) is 36.2 Å². The second-order valence-electron chi connectivity index (χ2n) is 7.92. The van der Waals surface area contributed by atoms with Crippen LogP contribution in [0.25, 0.3) is 11.3 Å². The molecule has 2 aromatic heterocycles. The maximum Gasteiger partial charge on any atom is 0.227 e. The number of nitrogens with one attached hydrogen (secondary N) is 2. The largest absolute Gasteiger partial charge is 0.324 e. The Morgan fingerprint density at radius 1 is 1.17 bits per heavy atom. The maximum absolute atomic E-state index is 11.9. The standard InChI is InChI=1S/C21H26N6O2S/c1-14(2)27-13-17(12-23-27)20-15(3)10-22-21(26-20)25-18-6-4-16(5-7-18)11-24-30(28,29)19-8-9-19/h4-7,10,12-14,19,24H,8-9,11H2,1-3H3,(H,22,25,26). The van der Waals surface area contributed by atoms with E-state index in [1.54, 1.807) is 6.20 Å². The highest BCUT2D eigenvalue weighted by Crippen LogP contribution is 2.27. The Kier molecular flexibility index (Phi) is 5.57. The van der Waals surface area contributed by atoms with E-state index in [4.69, 9.17) is 0 Å². The molecule has 0 spiro atoms. The fourth-order valence-electron chi connectivity index (χ4n) is 3.05. The summed E-state index contributed by atoms with van der Waals surface area (Å²) in [5.74, 6) is 0.495. The van der Waals surface area contributed by atoms with Crippen molar-refractivity contribution in [2.75, 3.05) is 5.32 Å². The number of hydrogen-bond donors (Lipinski definition) is 2. The molecule has 3 aromatic rings. The number of hydrogen-bond acceptors (Lipinski definition) is 6. The van der Waals surface area contributed by atoms with E-state index in [1.165, 1.54) is 0 Å². The van der Waals surface area contributed by atoms with Gasteiger partial charge in [0.15, 0.2) is 0 Å². The van der Waals surface area contributed by atoms with Crippen molar-refractivity contribution in [2.45, 2.75) is 51.4 Å². The Morgan fingerprint density at radius 2 is 1.90 bits per heavy atom. The summed E-state index contributed by atoms with van der Waals surface area (Å²) >= 11 is 0. The van der Waals surface area contributed by atoms with Gasteiger partial charge >= 0.3 is 0 Å². The zero-order valence-electron chi connectivity index (χ0n) is 17.3. The molecule has 0 saturated heterocycles. The van der Waals surface area contributed by atoms with Crippen molar-refractivity contribution < 1.29 is 8.42 Å². The average molecular weight is 427 g/mol. The number of sulfonamides is 1. The summed E-state index contributed by atoms with van der Waals surface area (Å²) in [5, 5.41) is 7.39.